The molecule has 0 unspecified atom stereocenters. The lowest BCUT2D eigenvalue weighted by molar-refractivity contribution is -0.385. The smallest absolute Gasteiger partial charge is 0.274 e. The fraction of sp³-hybridized carbons (Fsp3) is 0.455. The quantitative estimate of drug-likeness (QED) is 0.461. The molecule has 0 spiro atoms. The number of unbranched alkanes of at least 4 members (excludes halogenated alkanes) is 2. The zero-order chi connectivity index (χ0) is 15.2. The van der Waals surface area contributed by atoms with Crippen LogP contribution in [0.3, 0.4) is 0 Å². The minimum absolute atomic E-state index is 0.0927. The van der Waals surface area contributed by atoms with Crippen molar-refractivity contribution in [3.05, 3.63) is 28.6 Å². The number of pyridine rings is 1. The molecule has 1 N–H and O–H groups in total. The molecular weight excluding hydrogens is 286 g/mol. The highest BCUT2D eigenvalue weighted by molar-refractivity contribution is 7.90. The number of amides is 1. The average molecular weight is 301 g/mol. The van der Waals surface area contributed by atoms with Crippen LogP contribution >= 0.6 is 0 Å². The molecule has 0 fully saturated rings. The van der Waals surface area contributed by atoms with E-state index in [1.165, 1.54) is 0 Å². The van der Waals surface area contributed by atoms with Crippen LogP contribution in [-0.4, -0.2) is 24.2 Å². The lowest BCUT2D eigenvalue weighted by Crippen LogP contribution is -2.30. The summed E-state index contributed by atoms with van der Waals surface area (Å²) in [6.45, 7) is 1.96. The van der Waals surface area contributed by atoms with Gasteiger partial charge in [-0.3, -0.25) is 19.9 Å². The number of carbonyl (C=O) groups is 1. The maximum atomic E-state index is 11.9. The third-order valence-corrected chi connectivity index (χ3v) is 3.82. The van der Waals surface area contributed by atoms with Crippen LogP contribution in [0.4, 0.5) is 5.69 Å². The molecule has 0 radical (unpaired) electrons. The number of sulfonamides is 1. The summed E-state index contributed by atoms with van der Waals surface area (Å²) in [5.74, 6) is -0.634. The molecule has 1 heterocycles. The summed E-state index contributed by atoms with van der Waals surface area (Å²) in [5.41, 5.74) is -0.452. The van der Waals surface area contributed by atoms with Crippen LogP contribution in [0, 0.1) is 10.1 Å². The first-order valence-electron chi connectivity index (χ1n) is 6.02. The van der Waals surface area contributed by atoms with Gasteiger partial charge in [-0.25, -0.2) is 13.1 Å². The SMILES string of the molecule is CCCCCC(=O)NS(=O)(=O)c1cncc([N+](=O)[O-])c1. The Kier molecular flexibility index (Phi) is 5.56. The van der Waals surface area contributed by atoms with Crippen LogP contribution < -0.4 is 4.72 Å². The highest BCUT2D eigenvalue weighted by atomic mass is 32.2. The summed E-state index contributed by atoms with van der Waals surface area (Å²) >= 11 is 0. The first-order valence-corrected chi connectivity index (χ1v) is 7.50. The maximum absolute atomic E-state index is 11.9. The highest BCUT2D eigenvalue weighted by Crippen LogP contribution is 2.15. The average Bonchev–Trinajstić information content (AvgIpc) is 2.38. The van der Waals surface area contributed by atoms with Crippen LogP contribution in [0.5, 0.6) is 0 Å². The van der Waals surface area contributed by atoms with Gasteiger partial charge in [0.2, 0.25) is 5.91 Å². The third kappa shape index (κ3) is 4.57. The lowest BCUT2D eigenvalue weighted by Gasteiger charge is -2.06. The van der Waals surface area contributed by atoms with E-state index in [4.69, 9.17) is 0 Å². The van der Waals surface area contributed by atoms with Crippen molar-refractivity contribution in [2.75, 3.05) is 0 Å². The Bertz CT molecular complexity index is 600. The van der Waals surface area contributed by atoms with Gasteiger partial charge in [-0.2, -0.15) is 0 Å². The van der Waals surface area contributed by atoms with E-state index in [-0.39, 0.29) is 6.42 Å². The van der Waals surface area contributed by atoms with Crippen LogP contribution in [0.2, 0.25) is 0 Å². The van der Waals surface area contributed by atoms with Gasteiger partial charge in [0.05, 0.1) is 4.92 Å². The van der Waals surface area contributed by atoms with E-state index in [1.807, 2.05) is 11.6 Å². The van der Waals surface area contributed by atoms with Gasteiger partial charge in [0.25, 0.3) is 15.7 Å². The molecule has 9 heteroatoms. The van der Waals surface area contributed by atoms with E-state index in [9.17, 15) is 23.3 Å². The van der Waals surface area contributed by atoms with E-state index in [0.29, 0.717) is 6.42 Å². The first-order chi connectivity index (χ1) is 9.36. The molecule has 0 aromatic carbocycles. The number of hydrogen-bond acceptors (Lipinski definition) is 6. The zero-order valence-corrected chi connectivity index (χ0v) is 11.7. The number of aromatic nitrogens is 1. The summed E-state index contributed by atoms with van der Waals surface area (Å²) in [6.07, 6.45) is 4.30. The Morgan fingerprint density at radius 1 is 1.40 bits per heavy atom. The molecule has 110 valence electrons. The van der Waals surface area contributed by atoms with Crippen molar-refractivity contribution in [3.8, 4) is 0 Å². The predicted molar refractivity (Wildman–Crippen MR) is 70.4 cm³/mol. The first kappa shape index (κ1) is 16.0. The summed E-state index contributed by atoms with van der Waals surface area (Å²) in [7, 11) is -4.12. The minimum atomic E-state index is -4.12. The standard InChI is InChI=1S/C11H15N3O5S/c1-2-3-4-5-11(15)13-20(18,19)10-6-9(14(16)17)7-12-8-10/h6-8H,2-5H2,1H3,(H,13,15). The fourth-order valence-corrected chi connectivity index (χ4v) is 2.44. The molecule has 0 aliphatic carbocycles. The van der Waals surface area contributed by atoms with Crippen molar-refractivity contribution in [2.45, 2.75) is 37.5 Å². The van der Waals surface area contributed by atoms with E-state index >= 15 is 0 Å². The minimum Gasteiger partial charge on any atom is -0.274 e. The van der Waals surface area contributed by atoms with Crippen molar-refractivity contribution in [1.82, 2.24) is 9.71 Å². The highest BCUT2D eigenvalue weighted by Gasteiger charge is 2.20. The Balaban J connectivity index is 2.81. The van der Waals surface area contributed by atoms with Crippen molar-refractivity contribution in [3.63, 3.8) is 0 Å². The van der Waals surface area contributed by atoms with Gasteiger partial charge < -0.3 is 0 Å². The van der Waals surface area contributed by atoms with E-state index in [0.717, 1.165) is 31.3 Å². The Morgan fingerprint density at radius 2 is 2.10 bits per heavy atom. The normalized spacial score (nSPS) is 11.1. The van der Waals surface area contributed by atoms with Crippen molar-refractivity contribution < 1.29 is 18.1 Å². The van der Waals surface area contributed by atoms with E-state index in [2.05, 4.69) is 4.98 Å². The molecule has 1 aromatic heterocycles. The molecular formula is C11H15N3O5S. The molecule has 1 rings (SSSR count). The second-order valence-electron chi connectivity index (χ2n) is 4.12. The van der Waals surface area contributed by atoms with Gasteiger partial charge in [-0.15, -0.1) is 0 Å². The third-order valence-electron chi connectivity index (χ3n) is 2.48. The number of nitro groups is 1. The van der Waals surface area contributed by atoms with E-state index < -0.39 is 31.4 Å². The van der Waals surface area contributed by atoms with Crippen molar-refractivity contribution in [2.24, 2.45) is 0 Å². The summed E-state index contributed by atoms with van der Waals surface area (Å²) in [5, 5.41) is 10.6. The largest absolute Gasteiger partial charge is 0.288 e. The summed E-state index contributed by atoms with van der Waals surface area (Å²) in [4.78, 5) is 24.4. The van der Waals surface area contributed by atoms with Gasteiger partial charge in [0.1, 0.15) is 11.1 Å². The molecule has 0 saturated carbocycles. The molecule has 0 aliphatic rings. The van der Waals surface area contributed by atoms with Crippen LogP contribution in [0.25, 0.3) is 0 Å². The Hall–Kier alpha value is -2.03. The Labute approximate surface area is 116 Å². The van der Waals surface area contributed by atoms with Crippen molar-refractivity contribution >= 4 is 21.6 Å². The molecule has 1 aromatic rings. The number of nitrogens with zero attached hydrogens (tertiary/aromatic N) is 2. The molecule has 8 nitrogen and oxygen atoms in total. The van der Waals surface area contributed by atoms with Gasteiger partial charge in [-0.1, -0.05) is 19.8 Å². The fourth-order valence-electron chi connectivity index (χ4n) is 1.45. The molecule has 0 saturated heterocycles. The van der Waals surface area contributed by atoms with Crippen LogP contribution in [-0.2, 0) is 14.8 Å². The summed E-state index contributed by atoms with van der Waals surface area (Å²) in [6, 6.07) is 0.856. The molecule has 20 heavy (non-hydrogen) atoms. The number of hydrogen-bond donors (Lipinski definition) is 1. The Morgan fingerprint density at radius 3 is 2.70 bits per heavy atom. The van der Waals surface area contributed by atoms with Crippen LogP contribution in [0.1, 0.15) is 32.6 Å². The number of rotatable bonds is 7. The summed E-state index contributed by atoms with van der Waals surface area (Å²) < 4.78 is 25.6. The molecule has 0 bridgehead atoms. The van der Waals surface area contributed by atoms with Crippen molar-refractivity contribution in [1.29, 1.82) is 0 Å². The number of nitrogens with one attached hydrogen (secondary N) is 1. The molecule has 1 amide bonds. The maximum Gasteiger partial charge on any atom is 0.288 e. The topological polar surface area (TPSA) is 119 Å². The lowest BCUT2D eigenvalue weighted by atomic mass is 10.2. The van der Waals surface area contributed by atoms with Gasteiger partial charge in [0.15, 0.2) is 0 Å². The second kappa shape index (κ2) is 6.94. The number of carbonyl (C=O) groups excluding carboxylic acids is 1. The predicted octanol–water partition coefficient (Wildman–Crippen LogP) is 1.38. The molecule has 0 aliphatic heterocycles. The van der Waals surface area contributed by atoms with E-state index in [1.54, 1.807) is 0 Å². The zero-order valence-electron chi connectivity index (χ0n) is 10.9. The van der Waals surface area contributed by atoms with Crippen LogP contribution in [0.15, 0.2) is 23.4 Å². The van der Waals surface area contributed by atoms with Gasteiger partial charge >= 0.3 is 0 Å². The van der Waals surface area contributed by atoms with Gasteiger partial charge in [-0.05, 0) is 6.42 Å². The monoisotopic (exact) mass is 301 g/mol. The second-order valence-corrected chi connectivity index (χ2v) is 5.80. The molecule has 0 atom stereocenters. The van der Waals surface area contributed by atoms with Gasteiger partial charge in [0, 0.05) is 18.7 Å².